The Morgan fingerprint density at radius 3 is 2.71 bits per heavy atom. The van der Waals surface area contributed by atoms with Crippen LogP contribution in [0.4, 0.5) is 0 Å². The second-order valence-corrected chi connectivity index (χ2v) is 1.89. The average Bonchev–Trinajstić information content (AvgIpc) is 2.17. The Hall–Kier alpha value is -0.0800. The summed E-state index contributed by atoms with van der Waals surface area (Å²) in [6.45, 7) is 2.53. The lowest BCUT2D eigenvalue weighted by atomic mass is 10.2. The summed E-state index contributed by atoms with van der Waals surface area (Å²) in [6.07, 6.45) is 1.53. The lowest BCUT2D eigenvalue weighted by Crippen LogP contribution is -1.93. The summed E-state index contributed by atoms with van der Waals surface area (Å²) in [5.41, 5.74) is 0. The molecule has 1 radical (unpaired) electrons. The highest BCUT2D eigenvalue weighted by atomic mass is 16.6. The van der Waals surface area contributed by atoms with Crippen LogP contribution in [0.2, 0.25) is 0 Å². The van der Waals surface area contributed by atoms with E-state index in [0.717, 1.165) is 13.0 Å². The topological polar surface area (TPSA) is 32.8 Å². The summed E-state index contributed by atoms with van der Waals surface area (Å²) in [6, 6.07) is 0. The number of ether oxygens (including phenoxy) is 1. The molecule has 0 saturated carbocycles. The number of aliphatic hydroxyl groups excluding tert-OH is 1. The van der Waals surface area contributed by atoms with Gasteiger partial charge in [-0.2, -0.15) is 0 Å². The lowest BCUT2D eigenvalue weighted by molar-refractivity contribution is 0.271. The Balaban J connectivity index is 1.97. The first-order valence-electron chi connectivity index (χ1n) is 2.42. The zero-order valence-corrected chi connectivity index (χ0v) is 4.35. The summed E-state index contributed by atoms with van der Waals surface area (Å²) in [7, 11) is 0. The summed E-state index contributed by atoms with van der Waals surface area (Å²) in [5, 5.41) is 8.60. The van der Waals surface area contributed by atoms with Gasteiger partial charge in [-0.1, -0.05) is 0 Å². The van der Waals surface area contributed by atoms with Gasteiger partial charge in [-0.15, -0.1) is 0 Å². The zero-order chi connectivity index (χ0) is 5.28. The Labute approximate surface area is 43.1 Å². The molecule has 0 aromatic carbocycles. The Kier molecular flexibility index (Phi) is 1.30. The fourth-order valence-electron chi connectivity index (χ4n) is 0.515. The molecule has 2 heteroatoms. The van der Waals surface area contributed by atoms with Crippen molar-refractivity contribution in [1.29, 1.82) is 0 Å². The van der Waals surface area contributed by atoms with Crippen molar-refractivity contribution in [3.63, 3.8) is 0 Å². The van der Waals surface area contributed by atoms with E-state index >= 15 is 0 Å². The van der Waals surface area contributed by atoms with Crippen LogP contribution in [0.15, 0.2) is 0 Å². The molecular formula is C5H9O2. The van der Waals surface area contributed by atoms with Crippen LogP contribution in [0.5, 0.6) is 0 Å². The molecule has 1 aliphatic heterocycles. The van der Waals surface area contributed by atoms with Crippen molar-refractivity contribution in [3.8, 4) is 0 Å². The third-order valence-electron chi connectivity index (χ3n) is 0.925. The SMILES string of the molecule is C[C](O)CC1CO1. The van der Waals surface area contributed by atoms with Gasteiger partial charge < -0.3 is 9.84 Å². The molecule has 1 rings (SSSR count). The fraction of sp³-hybridized carbons (Fsp3) is 0.800. The highest BCUT2D eigenvalue weighted by molar-refractivity contribution is 4.80. The maximum atomic E-state index is 8.60. The quantitative estimate of drug-likeness (QED) is 0.519. The minimum atomic E-state index is 0.338. The number of rotatable bonds is 2. The van der Waals surface area contributed by atoms with Crippen LogP contribution in [0.3, 0.4) is 0 Å². The van der Waals surface area contributed by atoms with E-state index < -0.39 is 0 Å². The molecule has 1 N–H and O–H groups in total. The van der Waals surface area contributed by atoms with Crippen LogP contribution < -0.4 is 0 Å². The van der Waals surface area contributed by atoms with Crippen LogP contribution in [0.1, 0.15) is 13.3 Å². The molecule has 1 aliphatic rings. The molecule has 0 aromatic rings. The highest BCUT2D eigenvalue weighted by Crippen LogP contribution is 2.17. The lowest BCUT2D eigenvalue weighted by Gasteiger charge is -1.94. The maximum Gasteiger partial charge on any atom is 0.0929 e. The van der Waals surface area contributed by atoms with Gasteiger partial charge in [0.2, 0.25) is 0 Å². The molecule has 2 nitrogen and oxygen atoms in total. The Morgan fingerprint density at radius 2 is 2.57 bits per heavy atom. The highest BCUT2D eigenvalue weighted by Gasteiger charge is 2.23. The second-order valence-electron chi connectivity index (χ2n) is 1.89. The van der Waals surface area contributed by atoms with E-state index in [9.17, 15) is 0 Å². The molecule has 7 heavy (non-hydrogen) atoms. The monoisotopic (exact) mass is 101 g/mol. The Bertz CT molecular complexity index is 57.1. The van der Waals surface area contributed by atoms with E-state index in [2.05, 4.69) is 0 Å². The summed E-state index contributed by atoms with van der Waals surface area (Å²) in [4.78, 5) is 0. The second kappa shape index (κ2) is 1.80. The van der Waals surface area contributed by atoms with Gasteiger partial charge in [0.1, 0.15) is 0 Å². The van der Waals surface area contributed by atoms with E-state index in [1.54, 1.807) is 6.92 Å². The molecule has 0 bridgehead atoms. The molecule has 1 saturated heterocycles. The normalized spacial score (nSPS) is 28.7. The minimum absolute atomic E-state index is 0.338. The Morgan fingerprint density at radius 1 is 2.00 bits per heavy atom. The van der Waals surface area contributed by atoms with Gasteiger partial charge in [0.25, 0.3) is 0 Å². The fourth-order valence-corrected chi connectivity index (χ4v) is 0.515. The molecule has 0 spiro atoms. The first kappa shape index (κ1) is 5.06. The predicted octanol–water partition coefficient (Wildman–Crippen LogP) is 0.700. The third kappa shape index (κ3) is 1.90. The van der Waals surface area contributed by atoms with Crippen LogP contribution in [0, 0.1) is 6.10 Å². The largest absolute Gasteiger partial charge is 0.387 e. The first-order chi connectivity index (χ1) is 3.29. The molecule has 0 amide bonds. The van der Waals surface area contributed by atoms with E-state index in [1.807, 2.05) is 0 Å². The number of hydrogen-bond acceptors (Lipinski definition) is 2. The maximum absolute atomic E-state index is 8.60. The smallest absolute Gasteiger partial charge is 0.0929 e. The zero-order valence-electron chi connectivity index (χ0n) is 4.35. The predicted molar refractivity (Wildman–Crippen MR) is 25.2 cm³/mol. The van der Waals surface area contributed by atoms with Crippen molar-refractivity contribution in [2.24, 2.45) is 0 Å². The standard InChI is InChI=1S/C5H9O2/c1-4(6)2-5-3-7-5/h5-6H,2-3H2,1H3. The van der Waals surface area contributed by atoms with Crippen molar-refractivity contribution in [2.75, 3.05) is 6.61 Å². The van der Waals surface area contributed by atoms with Gasteiger partial charge in [0.15, 0.2) is 0 Å². The first-order valence-corrected chi connectivity index (χ1v) is 2.42. The molecular weight excluding hydrogens is 92.1 g/mol. The van der Waals surface area contributed by atoms with Gasteiger partial charge in [-0.25, -0.2) is 0 Å². The molecule has 1 heterocycles. The third-order valence-corrected chi connectivity index (χ3v) is 0.925. The van der Waals surface area contributed by atoms with Crippen LogP contribution in [-0.2, 0) is 4.74 Å². The van der Waals surface area contributed by atoms with Crippen LogP contribution in [-0.4, -0.2) is 17.8 Å². The van der Waals surface area contributed by atoms with E-state index in [4.69, 9.17) is 9.84 Å². The summed E-state index contributed by atoms with van der Waals surface area (Å²) in [5.74, 6) is 0. The van der Waals surface area contributed by atoms with Gasteiger partial charge in [0, 0.05) is 6.42 Å². The molecule has 41 valence electrons. The summed E-state index contributed by atoms with van der Waals surface area (Å²) < 4.78 is 4.84. The number of hydrogen-bond donors (Lipinski definition) is 1. The van der Waals surface area contributed by atoms with E-state index in [-0.39, 0.29) is 0 Å². The van der Waals surface area contributed by atoms with Crippen LogP contribution in [0.25, 0.3) is 0 Å². The molecule has 0 aliphatic carbocycles. The molecule has 1 unspecified atom stereocenters. The number of epoxide rings is 1. The van der Waals surface area contributed by atoms with Crippen LogP contribution >= 0.6 is 0 Å². The van der Waals surface area contributed by atoms with E-state index in [0.29, 0.717) is 12.2 Å². The summed E-state index contributed by atoms with van der Waals surface area (Å²) >= 11 is 0. The number of aliphatic hydroxyl groups is 1. The van der Waals surface area contributed by atoms with Gasteiger partial charge in [-0.05, 0) is 6.92 Å². The average molecular weight is 101 g/mol. The van der Waals surface area contributed by atoms with E-state index in [1.165, 1.54) is 0 Å². The molecule has 0 aromatic heterocycles. The van der Waals surface area contributed by atoms with Crippen molar-refractivity contribution < 1.29 is 9.84 Å². The van der Waals surface area contributed by atoms with Gasteiger partial charge in [0.05, 0.1) is 18.8 Å². The van der Waals surface area contributed by atoms with Crippen molar-refractivity contribution in [3.05, 3.63) is 6.10 Å². The van der Waals surface area contributed by atoms with Crippen molar-refractivity contribution >= 4 is 0 Å². The molecule has 1 atom stereocenters. The van der Waals surface area contributed by atoms with Crippen molar-refractivity contribution in [1.82, 2.24) is 0 Å². The van der Waals surface area contributed by atoms with Gasteiger partial charge >= 0.3 is 0 Å². The van der Waals surface area contributed by atoms with Crippen molar-refractivity contribution in [2.45, 2.75) is 19.4 Å². The molecule has 1 fully saturated rings. The van der Waals surface area contributed by atoms with Gasteiger partial charge in [-0.3, -0.25) is 0 Å². The minimum Gasteiger partial charge on any atom is -0.387 e.